The van der Waals surface area contributed by atoms with Crippen molar-refractivity contribution in [2.45, 2.75) is 18.4 Å². The van der Waals surface area contributed by atoms with Crippen molar-refractivity contribution in [3.63, 3.8) is 0 Å². The van der Waals surface area contributed by atoms with E-state index in [4.69, 9.17) is 0 Å². The number of halogens is 3. The van der Waals surface area contributed by atoms with Crippen LogP contribution in [0.5, 0.6) is 0 Å². The third kappa shape index (κ3) is 5.39. The smallest absolute Gasteiger partial charge is 0.262 e. The molecule has 1 heterocycles. The van der Waals surface area contributed by atoms with Crippen molar-refractivity contribution in [1.82, 2.24) is 5.32 Å². The molecule has 0 aliphatic carbocycles. The van der Waals surface area contributed by atoms with Gasteiger partial charge in [0, 0.05) is 17.8 Å². The molecule has 22 heavy (non-hydrogen) atoms. The topological polar surface area (TPSA) is 87.3 Å². The molecule has 0 aromatic heterocycles. The van der Waals surface area contributed by atoms with Crippen molar-refractivity contribution in [2.75, 3.05) is 22.8 Å². The number of hydrogen-bond donors (Lipinski definition) is 3. The SMILES string of the molecule is CS(=O)(=O)Nc1ccc(NC(=O)C2CC(F)(F)CN2)cc1.Cl. The van der Waals surface area contributed by atoms with Crippen LogP contribution in [0.4, 0.5) is 20.2 Å². The zero-order chi connectivity index (χ0) is 15.7. The van der Waals surface area contributed by atoms with Crippen LogP contribution in [0.25, 0.3) is 0 Å². The first-order chi connectivity index (χ1) is 9.65. The van der Waals surface area contributed by atoms with Crippen molar-refractivity contribution in [3.8, 4) is 0 Å². The lowest BCUT2D eigenvalue weighted by atomic mass is 10.2. The molecular weight excluding hydrogens is 340 g/mol. The summed E-state index contributed by atoms with van der Waals surface area (Å²) in [4.78, 5) is 11.8. The number of nitrogens with one attached hydrogen (secondary N) is 3. The zero-order valence-electron chi connectivity index (χ0n) is 11.6. The zero-order valence-corrected chi connectivity index (χ0v) is 13.2. The van der Waals surface area contributed by atoms with Crippen LogP contribution in [-0.4, -0.2) is 39.1 Å². The molecule has 1 aromatic rings. The molecule has 3 N–H and O–H groups in total. The Labute approximate surface area is 133 Å². The van der Waals surface area contributed by atoms with Crippen LogP contribution in [0, 0.1) is 0 Å². The number of amides is 1. The van der Waals surface area contributed by atoms with Crippen LogP contribution in [-0.2, 0) is 14.8 Å². The van der Waals surface area contributed by atoms with Gasteiger partial charge in [-0.05, 0) is 24.3 Å². The molecule has 1 aromatic carbocycles. The Balaban J connectivity index is 0.00000242. The van der Waals surface area contributed by atoms with Crippen LogP contribution in [0.1, 0.15) is 6.42 Å². The average Bonchev–Trinajstić information content (AvgIpc) is 2.70. The molecule has 0 spiro atoms. The third-order valence-electron chi connectivity index (χ3n) is 2.88. The molecular formula is C12H16ClF2N3O3S. The Morgan fingerprint density at radius 3 is 2.27 bits per heavy atom. The molecule has 1 saturated heterocycles. The van der Waals surface area contributed by atoms with Gasteiger partial charge < -0.3 is 5.32 Å². The lowest BCUT2D eigenvalue weighted by molar-refractivity contribution is -0.118. The van der Waals surface area contributed by atoms with Crippen molar-refractivity contribution in [2.24, 2.45) is 0 Å². The van der Waals surface area contributed by atoms with Gasteiger partial charge in [-0.3, -0.25) is 14.8 Å². The minimum atomic E-state index is -3.37. The second-order valence-corrected chi connectivity index (χ2v) is 6.68. The molecule has 124 valence electrons. The summed E-state index contributed by atoms with van der Waals surface area (Å²) in [5.41, 5.74) is 0.747. The minimum absolute atomic E-state index is 0. The Morgan fingerprint density at radius 1 is 1.27 bits per heavy atom. The summed E-state index contributed by atoms with van der Waals surface area (Å²) < 4.78 is 50.3. The summed E-state index contributed by atoms with van der Waals surface area (Å²) in [5, 5.41) is 4.96. The van der Waals surface area contributed by atoms with Gasteiger partial charge in [0.15, 0.2) is 0 Å². The Morgan fingerprint density at radius 2 is 1.82 bits per heavy atom. The number of benzene rings is 1. The van der Waals surface area contributed by atoms with E-state index >= 15 is 0 Å². The van der Waals surface area contributed by atoms with Crippen LogP contribution in [0.15, 0.2) is 24.3 Å². The van der Waals surface area contributed by atoms with Gasteiger partial charge >= 0.3 is 0 Å². The van der Waals surface area contributed by atoms with E-state index in [2.05, 4.69) is 15.4 Å². The quantitative estimate of drug-likeness (QED) is 0.762. The summed E-state index contributed by atoms with van der Waals surface area (Å²) in [5.74, 6) is -3.42. The average molecular weight is 356 g/mol. The molecule has 1 amide bonds. The molecule has 0 radical (unpaired) electrons. The van der Waals surface area contributed by atoms with Crippen LogP contribution >= 0.6 is 12.4 Å². The molecule has 1 atom stereocenters. The number of carbonyl (C=O) groups excluding carboxylic acids is 1. The highest BCUT2D eigenvalue weighted by molar-refractivity contribution is 7.92. The van der Waals surface area contributed by atoms with Crippen LogP contribution < -0.4 is 15.4 Å². The third-order valence-corrected chi connectivity index (χ3v) is 3.49. The van der Waals surface area contributed by atoms with E-state index in [0.29, 0.717) is 11.4 Å². The van der Waals surface area contributed by atoms with Gasteiger partial charge in [0.1, 0.15) is 0 Å². The van der Waals surface area contributed by atoms with E-state index in [9.17, 15) is 22.0 Å². The number of carbonyl (C=O) groups is 1. The monoisotopic (exact) mass is 355 g/mol. The molecule has 1 aliphatic rings. The molecule has 1 aliphatic heterocycles. The van der Waals surface area contributed by atoms with E-state index in [1.54, 1.807) is 0 Å². The number of sulfonamides is 1. The largest absolute Gasteiger partial charge is 0.325 e. The standard InChI is InChI=1S/C12H15F2N3O3S.ClH/c1-21(19,20)17-9-4-2-8(3-5-9)16-11(18)10-6-12(13,14)7-15-10;/h2-5,10,15,17H,6-7H2,1H3,(H,16,18);1H. The second kappa shape index (κ2) is 6.76. The fraction of sp³-hybridized carbons (Fsp3) is 0.417. The highest BCUT2D eigenvalue weighted by Crippen LogP contribution is 2.25. The number of alkyl halides is 2. The molecule has 0 bridgehead atoms. The second-order valence-electron chi connectivity index (χ2n) is 4.93. The van der Waals surface area contributed by atoms with Gasteiger partial charge in [0.2, 0.25) is 15.9 Å². The lowest BCUT2D eigenvalue weighted by Gasteiger charge is -2.12. The Bertz CT molecular complexity index is 638. The molecule has 1 unspecified atom stereocenters. The van der Waals surface area contributed by atoms with Crippen molar-refractivity contribution in [1.29, 1.82) is 0 Å². The van der Waals surface area contributed by atoms with E-state index in [0.717, 1.165) is 6.26 Å². The highest BCUT2D eigenvalue weighted by Gasteiger charge is 2.42. The summed E-state index contributed by atoms with van der Waals surface area (Å²) >= 11 is 0. The first-order valence-corrected chi connectivity index (χ1v) is 8.04. The maximum absolute atomic E-state index is 13.0. The van der Waals surface area contributed by atoms with E-state index in [1.807, 2.05) is 0 Å². The van der Waals surface area contributed by atoms with Gasteiger partial charge in [0.05, 0.1) is 18.8 Å². The van der Waals surface area contributed by atoms with Gasteiger partial charge in [-0.1, -0.05) is 0 Å². The summed E-state index contributed by atoms with van der Waals surface area (Å²) in [7, 11) is -3.37. The van der Waals surface area contributed by atoms with Gasteiger partial charge in [-0.25, -0.2) is 17.2 Å². The fourth-order valence-corrected chi connectivity index (χ4v) is 2.53. The number of rotatable bonds is 4. The first-order valence-electron chi connectivity index (χ1n) is 6.15. The first kappa shape index (κ1) is 18.6. The maximum atomic E-state index is 13.0. The van der Waals surface area contributed by atoms with Crippen LogP contribution in [0.3, 0.4) is 0 Å². The molecule has 2 rings (SSSR count). The predicted octanol–water partition coefficient (Wildman–Crippen LogP) is 1.42. The predicted molar refractivity (Wildman–Crippen MR) is 82.1 cm³/mol. The molecule has 1 fully saturated rings. The maximum Gasteiger partial charge on any atom is 0.262 e. The van der Waals surface area contributed by atoms with E-state index in [1.165, 1.54) is 24.3 Å². The van der Waals surface area contributed by atoms with Gasteiger partial charge in [-0.15, -0.1) is 12.4 Å². The minimum Gasteiger partial charge on any atom is -0.325 e. The Kier molecular flexibility index (Phi) is 5.71. The van der Waals surface area contributed by atoms with E-state index in [-0.39, 0.29) is 12.4 Å². The Hall–Kier alpha value is -1.45. The van der Waals surface area contributed by atoms with Gasteiger partial charge in [-0.2, -0.15) is 0 Å². The van der Waals surface area contributed by atoms with Crippen molar-refractivity contribution < 1.29 is 22.0 Å². The summed E-state index contributed by atoms with van der Waals surface area (Å²) in [6, 6.07) is 4.96. The summed E-state index contributed by atoms with van der Waals surface area (Å²) in [6.07, 6.45) is 0.487. The lowest BCUT2D eigenvalue weighted by Crippen LogP contribution is -2.35. The summed E-state index contributed by atoms with van der Waals surface area (Å²) in [6.45, 7) is -0.512. The normalized spacial score (nSPS) is 20.0. The highest BCUT2D eigenvalue weighted by atomic mass is 35.5. The molecule has 10 heteroatoms. The molecule has 0 saturated carbocycles. The van der Waals surface area contributed by atoms with Crippen molar-refractivity contribution in [3.05, 3.63) is 24.3 Å². The fourth-order valence-electron chi connectivity index (χ4n) is 1.97. The van der Waals surface area contributed by atoms with Crippen LogP contribution in [0.2, 0.25) is 0 Å². The van der Waals surface area contributed by atoms with Crippen molar-refractivity contribution >= 4 is 39.7 Å². The number of anilines is 2. The van der Waals surface area contributed by atoms with Gasteiger partial charge in [0.25, 0.3) is 5.92 Å². The molecule has 6 nitrogen and oxygen atoms in total. The number of hydrogen-bond acceptors (Lipinski definition) is 4. The van der Waals surface area contributed by atoms with E-state index < -0.39 is 40.9 Å².